The highest BCUT2D eigenvalue weighted by molar-refractivity contribution is 4.98. The molecular weight excluding hydrogens is 180 g/mol. The highest BCUT2D eigenvalue weighted by Gasteiger charge is 2.44. The Morgan fingerprint density at radius 1 is 1.21 bits per heavy atom. The van der Waals surface area contributed by atoms with Gasteiger partial charge in [0.05, 0.1) is 12.2 Å². The first-order valence-electron chi connectivity index (χ1n) is 5.54. The Morgan fingerprint density at radius 3 is 2.43 bits per heavy atom. The summed E-state index contributed by atoms with van der Waals surface area (Å²) in [4.78, 5) is 2.29. The first-order chi connectivity index (χ1) is 6.74. The minimum absolute atomic E-state index is 0.0949. The molecule has 4 nitrogen and oxygen atoms in total. The van der Waals surface area contributed by atoms with Crippen molar-refractivity contribution < 1.29 is 10.2 Å². The summed E-state index contributed by atoms with van der Waals surface area (Å²) in [6, 6.07) is 0.0949. The molecule has 14 heavy (non-hydrogen) atoms. The van der Waals surface area contributed by atoms with Gasteiger partial charge in [0, 0.05) is 6.04 Å². The van der Waals surface area contributed by atoms with Crippen molar-refractivity contribution in [1.29, 1.82) is 0 Å². The first kappa shape index (κ1) is 10.4. The van der Waals surface area contributed by atoms with Crippen LogP contribution in [0.15, 0.2) is 0 Å². The van der Waals surface area contributed by atoms with Gasteiger partial charge in [0.15, 0.2) is 0 Å². The summed E-state index contributed by atoms with van der Waals surface area (Å²) in [6.07, 6.45) is 1.89. The van der Waals surface area contributed by atoms with Gasteiger partial charge < -0.3 is 15.9 Å². The van der Waals surface area contributed by atoms with Crippen molar-refractivity contribution >= 4 is 0 Å². The van der Waals surface area contributed by atoms with Gasteiger partial charge in [-0.3, -0.25) is 4.90 Å². The van der Waals surface area contributed by atoms with Gasteiger partial charge in [-0.2, -0.15) is 0 Å². The number of hydrogen-bond acceptors (Lipinski definition) is 4. The summed E-state index contributed by atoms with van der Waals surface area (Å²) < 4.78 is 0. The van der Waals surface area contributed by atoms with Crippen LogP contribution < -0.4 is 5.73 Å². The summed E-state index contributed by atoms with van der Waals surface area (Å²) in [7, 11) is 0. The van der Waals surface area contributed by atoms with Crippen molar-refractivity contribution in [2.24, 2.45) is 11.7 Å². The zero-order valence-corrected chi connectivity index (χ0v) is 8.47. The van der Waals surface area contributed by atoms with Gasteiger partial charge in [0.1, 0.15) is 0 Å². The molecule has 0 aromatic carbocycles. The summed E-state index contributed by atoms with van der Waals surface area (Å²) in [6.45, 7) is 2.66. The lowest BCUT2D eigenvalue weighted by atomic mass is 10.0. The maximum atomic E-state index is 9.87. The van der Waals surface area contributed by atoms with E-state index in [1.807, 2.05) is 0 Å². The molecule has 0 amide bonds. The number of aliphatic hydroxyl groups is 2. The summed E-state index contributed by atoms with van der Waals surface area (Å²) in [5.41, 5.74) is 5.67. The van der Waals surface area contributed by atoms with Crippen LogP contribution in [0.25, 0.3) is 0 Å². The quantitative estimate of drug-likeness (QED) is 0.543. The monoisotopic (exact) mass is 200 g/mol. The van der Waals surface area contributed by atoms with Gasteiger partial charge in [-0.05, 0) is 44.8 Å². The molecular formula is C10H20N2O2. The third kappa shape index (κ3) is 1.67. The van der Waals surface area contributed by atoms with E-state index in [1.54, 1.807) is 0 Å². The summed E-state index contributed by atoms with van der Waals surface area (Å²) in [5.74, 6) is 0.262. The fourth-order valence-electron chi connectivity index (χ4n) is 2.89. The van der Waals surface area contributed by atoms with Gasteiger partial charge >= 0.3 is 0 Å². The van der Waals surface area contributed by atoms with Crippen molar-refractivity contribution in [2.45, 2.75) is 37.5 Å². The zero-order chi connectivity index (χ0) is 10.1. The number of hydrogen-bond donors (Lipinski definition) is 3. The molecule has 1 aliphatic heterocycles. The molecule has 1 saturated carbocycles. The van der Waals surface area contributed by atoms with Crippen molar-refractivity contribution in [3.05, 3.63) is 0 Å². The second-order valence-electron chi connectivity index (χ2n) is 4.52. The van der Waals surface area contributed by atoms with E-state index in [0.717, 1.165) is 13.1 Å². The van der Waals surface area contributed by atoms with Crippen LogP contribution in [0.4, 0.5) is 0 Å². The third-order valence-corrected chi connectivity index (χ3v) is 3.64. The molecule has 0 aromatic heterocycles. The van der Waals surface area contributed by atoms with Crippen LogP contribution in [0, 0.1) is 5.92 Å². The number of likely N-dealkylation sites (tertiary alicyclic amines) is 1. The maximum absolute atomic E-state index is 9.87. The molecule has 0 bridgehead atoms. The van der Waals surface area contributed by atoms with Crippen LogP contribution in [-0.2, 0) is 0 Å². The fraction of sp³-hybridized carbons (Fsp3) is 1.00. The number of aliphatic hydroxyl groups excluding tert-OH is 2. The predicted octanol–water partition coefficient (Wildman–Crippen LogP) is -0.849. The normalized spacial score (nSPS) is 44.8. The summed E-state index contributed by atoms with van der Waals surface area (Å²) in [5, 5.41) is 19.5. The largest absolute Gasteiger partial charge is 0.390 e. The molecule has 0 radical (unpaired) electrons. The first-order valence-corrected chi connectivity index (χ1v) is 5.54. The number of nitrogens with zero attached hydrogens (tertiary/aromatic N) is 1. The van der Waals surface area contributed by atoms with Gasteiger partial charge in [0.25, 0.3) is 0 Å². The van der Waals surface area contributed by atoms with Crippen LogP contribution in [-0.4, -0.2) is 53.0 Å². The minimum Gasteiger partial charge on any atom is -0.390 e. The van der Waals surface area contributed by atoms with Crippen molar-refractivity contribution in [2.75, 3.05) is 19.6 Å². The molecule has 4 atom stereocenters. The second kappa shape index (κ2) is 4.14. The van der Waals surface area contributed by atoms with Gasteiger partial charge in [-0.25, -0.2) is 0 Å². The molecule has 0 unspecified atom stereocenters. The van der Waals surface area contributed by atoms with E-state index in [2.05, 4.69) is 4.90 Å². The Kier molecular flexibility index (Phi) is 3.07. The van der Waals surface area contributed by atoms with Crippen molar-refractivity contribution in [1.82, 2.24) is 4.90 Å². The molecule has 1 saturated heterocycles. The number of nitrogens with two attached hydrogens (primary N) is 1. The lowest BCUT2D eigenvalue weighted by molar-refractivity contribution is 0.00145. The highest BCUT2D eigenvalue weighted by atomic mass is 16.3. The van der Waals surface area contributed by atoms with E-state index in [4.69, 9.17) is 5.73 Å². The molecule has 2 rings (SSSR count). The van der Waals surface area contributed by atoms with Gasteiger partial charge in [-0.1, -0.05) is 0 Å². The van der Waals surface area contributed by atoms with E-state index in [-0.39, 0.29) is 12.0 Å². The Bertz CT molecular complexity index is 193. The maximum Gasteiger partial charge on any atom is 0.0957 e. The SMILES string of the molecule is NC[C@@H]1C[C@H](O)[C@H](O)[C@H]1N1CCCC1. The zero-order valence-electron chi connectivity index (χ0n) is 8.47. The van der Waals surface area contributed by atoms with Crippen LogP contribution in [0.1, 0.15) is 19.3 Å². The molecule has 0 aromatic rings. The Labute approximate surface area is 84.7 Å². The Balaban J connectivity index is 2.05. The van der Waals surface area contributed by atoms with Crippen molar-refractivity contribution in [3.8, 4) is 0 Å². The van der Waals surface area contributed by atoms with E-state index >= 15 is 0 Å². The molecule has 0 spiro atoms. The van der Waals surface area contributed by atoms with E-state index in [1.165, 1.54) is 12.8 Å². The topological polar surface area (TPSA) is 69.7 Å². The van der Waals surface area contributed by atoms with Gasteiger partial charge in [-0.15, -0.1) is 0 Å². The molecule has 2 aliphatic rings. The predicted molar refractivity (Wildman–Crippen MR) is 53.8 cm³/mol. The molecule has 1 heterocycles. The Morgan fingerprint density at radius 2 is 1.86 bits per heavy atom. The lowest BCUT2D eigenvalue weighted by Gasteiger charge is -2.30. The van der Waals surface area contributed by atoms with Crippen LogP contribution in [0.3, 0.4) is 0 Å². The molecule has 2 fully saturated rings. The number of rotatable bonds is 2. The average Bonchev–Trinajstić information content (AvgIpc) is 2.76. The van der Waals surface area contributed by atoms with E-state index in [0.29, 0.717) is 13.0 Å². The molecule has 82 valence electrons. The summed E-state index contributed by atoms with van der Waals surface area (Å²) >= 11 is 0. The Hall–Kier alpha value is -0.160. The smallest absolute Gasteiger partial charge is 0.0957 e. The second-order valence-corrected chi connectivity index (χ2v) is 4.52. The standard InChI is InChI=1S/C10H20N2O2/c11-6-7-5-8(13)10(14)9(7)12-3-1-2-4-12/h7-10,13-14H,1-6,11H2/t7-,8-,9-,10-/m0/s1. The van der Waals surface area contributed by atoms with Gasteiger partial charge in [0.2, 0.25) is 0 Å². The minimum atomic E-state index is -0.596. The average molecular weight is 200 g/mol. The fourth-order valence-corrected chi connectivity index (χ4v) is 2.89. The molecule has 4 heteroatoms. The third-order valence-electron chi connectivity index (χ3n) is 3.64. The van der Waals surface area contributed by atoms with Crippen molar-refractivity contribution in [3.63, 3.8) is 0 Å². The molecule has 4 N–H and O–H groups in total. The lowest BCUT2D eigenvalue weighted by Crippen LogP contribution is -2.46. The highest BCUT2D eigenvalue weighted by Crippen LogP contribution is 2.32. The molecule has 1 aliphatic carbocycles. The van der Waals surface area contributed by atoms with Crippen LogP contribution in [0.2, 0.25) is 0 Å². The van der Waals surface area contributed by atoms with E-state index < -0.39 is 12.2 Å². The van der Waals surface area contributed by atoms with Crippen LogP contribution in [0.5, 0.6) is 0 Å². The van der Waals surface area contributed by atoms with Crippen LogP contribution >= 0.6 is 0 Å². The van der Waals surface area contributed by atoms with E-state index in [9.17, 15) is 10.2 Å².